The maximum absolute atomic E-state index is 4.65. The molecule has 0 atom stereocenters. The second-order valence-electron chi connectivity index (χ2n) is 14.6. The van der Waals surface area contributed by atoms with Crippen molar-refractivity contribution >= 4 is 44.8 Å². The zero-order valence-electron chi connectivity index (χ0n) is 31.3. The fourth-order valence-corrected chi connectivity index (χ4v) is 9.05. The molecule has 0 aliphatic heterocycles. The predicted molar refractivity (Wildman–Crippen MR) is 234 cm³/mol. The van der Waals surface area contributed by atoms with Crippen molar-refractivity contribution in [2.45, 2.75) is 26.6 Å². The first-order valence-electron chi connectivity index (χ1n) is 18.3. The molecule has 5 heteroatoms. The molecule has 6 aromatic carbocycles. The normalized spacial score (nSPS) is 11.1. The van der Waals surface area contributed by atoms with Gasteiger partial charge in [-0.15, -0.1) is 59.2 Å². The molecular formula is C50H40IrN2SSi-2. The minimum absolute atomic E-state index is 0. The van der Waals surface area contributed by atoms with E-state index >= 15 is 0 Å². The molecule has 0 N–H and O–H groups in total. The SMILES string of the molecule is C[Si](C)(C)c1ccc(-c2[c-]ccc(-c3ccccc3)c2)nc1.Cc1cc(-c2ccccc2)cc2sc3[c-]c(-c4cc(-c5ccccc5)ccn4)ccc3c12.[Ir]. The van der Waals surface area contributed by atoms with E-state index in [9.17, 15) is 0 Å². The smallest absolute Gasteiger partial charge is 0.0795 e. The fourth-order valence-electron chi connectivity index (χ4n) is 6.80. The van der Waals surface area contributed by atoms with Crippen LogP contribution in [0, 0.1) is 19.1 Å². The van der Waals surface area contributed by atoms with Crippen molar-refractivity contribution in [3.8, 4) is 55.9 Å². The van der Waals surface area contributed by atoms with E-state index in [-0.39, 0.29) is 20.1 Å². The maximum atomic E-state index is 4.65. The van der Waals surface area contributed by atoms with Gasteiger partial charge < -0.3 is 9.97 Å². The second-order valence-corrected chi connectivity index (χ2v) is 20.7. The summed E-state index contributed by atoms with van der Waals surface area (Å²) in [5.41, 5.74) is 12.6. The minimum atomic E-state index is -1.29. The van der Waals surface area contributed by atoms with Gasteiger partial charge in [0, 0.05) is 37.2 Å². The molecule has 55 heavy (non-hydrogen) atoms. The monoisotopic (exact) mass is 921 g/mol. The number of aryl methyl sites for hydroxylation is 1. The molecule has 3 aromatic heterocycles. The standard InChI is InChI=1S/C30H20NS.C20H20NSi.Ir/c1-20-16-25(22-10-6-3-7-11-22)19-29-30(20)26-13-12-24(18-28(26)32-29)27-17-23(14-15-31-27)21-8-4-2-5-9-21;1-22(2,3)19-12-13-20(21-15-19)18-11-7-10-17(14-18)16-8-5-4-6-9-16;/h2-17,19H,1H3;4-10,12-15H,1-3H3;/q2*-1;. The molecular weight excluding hydrogens is 881 g/mol. The molecule has 3 heterocycles. The van der Waals surface area contributed by atoms with E-state index in [1.807, 2.05) is 41.9 Å². The van der Waals surface area contributed by atoms with Crippen LogP contribution in [0.1, 0.15) is 5.56 Å². The van der Waals surface area contributed by atoms with Gasteiger partial charge >= 0.3 is 0 Å². The molecule has 9 rings (SSSR count). The van der Waals surface area contributed by atoms with Crippen LogP contribution in [-0.4, -0.2) is 18.0 Å². The van der Waals surface area contributed by atoms with Crippen molar-refractivity contribution in [2.75, 3.05) is 0 Å². The molecule has 9 aromatic rings. The summed E-state index contributed by atoms with van der Waals surface area (Å²) in [6.07, 6.45) is 3.92. The molecule has 1 radical (unpaired) electrons. The van der Waals surface area contributed by atoms with Gasteiger partial charge in [0.15, 0.2) is 0 Å². The number of hydrogen-bond donors (Lipinski definition) is 0. The van der Waals surface area contributed by atoms with Crippen molar-refractivity contribution in [1.29, 1.82) is 0 Å². The molecule has 0 fully saturated rings. The Morgan fingerprint density at radius 3 is 1.80 bits per heavy atom. The van der Waals surface area contributed by atoms with Crippen LogP contribution in [0.15, 0.2) is 170 Å². The van der Waals surface area contributed by atoms with E-state index in [2.05, 4.69) is 188 Å². The first-order valence-corrected chi connectivity index (χ1v) is 22.6. The van der Waals surface area contributed by atoms with Crippen LogP contribution in [-0.2, 0) is 20.1 Å². The number of rotatable bonds is 6. The molecule has 0 bridgehead atoms. The molecule has 0 amide bonds. The largest absolute Gasteiger partial charge is 0.305 e. The zero-order chi connectivity index (χ0) is 37.1. The number of pyridine rings is 2. The summed E-state index contributed by atoms with van der Waals surface area (Å²) >= 11 is 1.81. The van der Waals surface area contributed by atoms with Crippen LogP contribution < -0.4 is 5.19 Å². The molecule has 0 saturated heterocycles. The summed E-state index contributed by atoms with van der Waals surface area (Å²) in [4.78, 5) is 9.29. The van der Waals surface area contributed by atoms with E-state index in [4.69, 9.17) is 0 Å². The number of benzene rings is 6. The third-order valence-electron chi connectivity index (χ3n) is 9.75. The molecule has 0 aliphatic rings. The van der Waals surface area contributed by atoms with Crippen molar-refractivity contribution < 1.29 is 20.1 Å². The van der Waals surface area contributed by atoms with Crippen molar-refractivity contribution in [3.63, 3.8) is 0 Å². The number of nitrogens with zero attached hydrogens (tertiary/aromatic N) is 2. The van der Waals surface area contributed by atoms with Gasteiger partial charge in [0.25, 0.3) is 0 Å². The summed E-state index contributed by atoms with van der Waals surface area (Å²) in [5.74, 6) is 0. The summed E-state index contributed by atoms with van der Waals surface area (Å²) in [5, 5.41) is 3.99. The Hall–Kier alpha value is -5.29. The average molecular weight is 921 g/mol. The minimum Gasteiger partial charge on any atom is -0.305 e. The van der Waals surface area contributed by atoms with Crippen molar-refractivity contribution in [3.05, 3.63) is 188 Å². The Balaban J connectivity index is 0.000000178. The Morgan fingerprint density at radius 2 is 1.18 bits per heavy atom. The number of thiophene rings is 1. The molecule has 2 nitrogen and oxygen atoms in total. The predicted octanol–water partition coefficient (Wildman–Crippen LogP) is 13.3. The third-order valence-corrected chi connectivity index (χ3v) is 12.9. The quantitative estimate of drug-likeness (QED) is 0.123. The first-order chi connectivity index (χ1) is 26.3. The Bertz CT molecular complexity index is 2690. The summed E-state index contributed by atoms with van der Waals surface area (Å²) in [7, 11) is -1.29. The van der Waals surface area contributed by atoms with Crippen molar-refractivity contribution in [2.24, 2.45) is 0 Å². The third kappa shape index (κ3) is 8.51. The fraction of sp³-hybridized carbons (Fsp3) is 0.0800. The zero-order valence-corrected chi connectivity index (χ0v) is 35.5. The second kappa shape index (κ2) is 16.6. The number of hydrogen-bond acceptors (Lipinski definition) is 3. The van der Waals surface area contributed by atoms with E-state index in [0.717, 1.165) is 22.5 Å². The number of fused-ring (bicyclic) bond motifs is 3. The van der Waals surface area contributed by atoms with E-state index in [0.29, 0.717) is 0 Å². The molecule has 0 unspecified atom stereocenters. The van der Waals surface area contributed by atoms with E-state index in [1.165, 1.54) is 64.3 Å². The average Bonchev–Trinajstić information content (AvgIpc) is 3.60. The van der Waals surface area contributed by atoms with Crippen LogP contribution >= 0.6 is 11.3 Å². The maximum Gasteiger partial charge on any atom is 0.0795 e. The van der Waals surface area contributed by atoms with Crippen LogP contribution in [0.3, 0.4) is 0 Å². The molecule has 0 spiro atoms. The van der Waals surface area contributed by atoms with Gasteiger partial charge in [-0.05, 0) is 73.5 Å². The molecule has 271 valence electrons. The van der Waals surface area contributed by atoms with Gasteiger partial charge in [-0.3, -0.25) is 0 Å². The van der Waals surface area contributed by atoms with Gasteiger partial charge in [-0.25, -0.2) is 0 Å². The summed E-state index contributed by atoms with van der Waals surface area (Å²) < 4.78 is 2.48. The molecule has 0 aliphatic carbocycles. The van der Waals surface area contributed by atoms with Gasteiger partial charge in [0.2, 0.25) is 0 Å². The van der Waals surface area contributed by atoms with Crippen LogP contribution in [0.25, 0.3) is 76.1 Å². The summed E-state index contributed by atoms with van der Waals surface area (Å²) in [6.45, 7) is 9.23. The first kappa shape index (κ1) is 38.0. The Labute approximate surface area is 343 Å². The van der Waals surface area contributed by atoms with E-state index in [1.54, 1.807) is 0 Å². The van der Waals surface area contributed by atoms with Crippen LogP contribution in [0.5, 0.6) is 0 Å². The Kier molecular flexibility index (Phi) is 11.5. The van der Waals surface area contributed by atoms with Gasteiger partial charge in [0.05, 0.1) is 8.07 Å². The van der Waals surface area contributed by atoms with Crippen LogP contribution in [0.4, 0.5) is 0 Å². The van der Waals surface area contributed by atoms with Gasteiger partial charge in [-0.2, -0.15) is 11.3 Å². The topological polar surface area (TPSA) is 25.8 Å². The Morgan fingerprint density at radius 1 is 0.545 bits per heavy atom. The van der Waals surface area contributed by atoms with E-state index < -0.39 is 8.07 Å². The summed E-state index contributed by atoms with van der Waals surface area (Å²) in [6, 6.07) is 62.2. The molecule has 0 saturated carbocycles. The van der Waals surface area contributed by atoms with Gasteiger partial charge in [-0.1, -0.05) is 146 Å². The van der Waals surface area contributed by atoms with Crippen molar-refractivity contribution in [1.82, 2.24) is 9.97 Å². The van der Waals surface area contributed by atoms with Gasteiger partial charge in [0.1, 0.15) is 0 Å². The van der Waals surface area contributed by atoms with Crippen LogP contribution in [0.2, 0.25) is 19.6 Å². The number of aromatic nitrogens is 2.